The number of rotatable bonds is 3. The van der Waals surface area contributed by atoms with Gasteiger partial charge < -0.3 is 5.73 Å². The minimum atomic E-state index is -3.92. The molecule has 1 aliphatic rings. The van der Waals surface area contributed by atoms with Gasteiger partial charge >= 0.3 is 11.8 Å². The van der Waals surface area contributed by atoms with Gasteiger partial charge in [-0.15, -0.1) is 0 Å². The molecule has 0 saturated carbocycles. The van der Waals surface area contributed by atoms with Crippen molar-refractivity contribution in [3.63, 3.8) is 0 Å². The molecule has 84 valence electrons. The molecule has 1 aliphatic heterocycles. The number of hydrogen-bond donors (Lipinski definition) is 1. The average molecular weight is 214 g/mol. The molecule has 0 aliphatic carbocycles. The Morgan fingerprint density at radius 2 is 1.64 bits per heavy atom. The molecule has 1 atom stereocenters. The molecule has 0 aromatic heterocycles. The Balaban J connectivity index is 2.55. The highest BCUT2D eigenvalue weighted by Crippen LogP contribution is 2.40. The molecule has 1 saturated heterocycles. The highest BCUT2D eigenvalue weighted by atomic mass is 19.3. The summed E-state index contributed by atoms with van der Waals surface area (Å²) in [6.07, 6.45) is 0.591. The first kappa shape index (κ1) is 11.7. The van der Waals surface area contributed by atoms with E-state index in [0.717, 1.165) is 4.90 Å². The number of likely N-dealkylation sites (tertiary alicyclic amines) is 1. The van der Waals surface area contributed by atoms with Crippen molar-refractivity contribution >= 4 is 0 Å². The van der Waals surface area contributed by atoms with Crippen molar-refractivity contribution in [3.05, 3.63) is 0 Å². The zero-order valence-electron chi connectivity index (χ0n) is 7.94. The lowest BCUT2D eigenvalue weighted by atomic mass is 10.2. The standard InChI is InChI=1S/C8H14F4N2/c1-2-6(13)3-14-4-7(9,10)8(11,12)5-14/h6H,2-5,13H2,1H3. The lowest BCUT2D eigenvalue weighted by Crippen LogP contribution is -2.38. The zero-order chi connectivity index (χ0) is 11.0. The molecule has 1 heterocycles. The number of halogens is 4. The molecule has 0 aromatic rings. The van der Waals surface area contributed by atoms with Crippen molar-refractivity contribution in [2.75, 3.05) is 19.6 Å². The minimum absolute atomic E-state index is 0.0989. The average Bonchev–Trinajstić information content (AvgIpc) is 2.20. The normalized spacial score (nSPS) is 27.9. The van der Waals surface area contributed by atoms with Crippen LogP contribution in [0.2, 0.25) is 0 Å². The van der Waals surface area contributed by atoms with Crippen LogP contribution in [-0.2, 0) is 0 Å². The van der Waals surface area contributed by atoms with E-state index < -0.39 is 24.9 Å². The Morgan fingerprint density at radius 1 is 1.21 bits per heavy atom. The predicted octanol–water partition coefficient (Wildman–Crippen LogP) is 1.31. The van der Waals surface area contributed by atoms with Crippen molar-refractivity contribution in [2.24, 2.45) is 5.73 Å². The predicted molar refractivity (Wildman–Crippen MR) is 44.6 cm³/mol. The molecule has 0 bridgehead atoms. The molecule has 0 aromatic carbocycles. The van der Waals surface area contributed by atoms with E-state index in [9.17, 15) is 17.6 Å². The van der Waals surface area contributed by atoms with Gasteiger partial charge in [0.1, 0.15) is 0 Å². The summed E-state index contributed by atoms with van der Waals surface area (Å²) in [4.78, 5) is 1.02. The van der Waals surface area contributed by atoms with Crippen LogP contribution >= 0.6 is 0 Å². The molecular formula is C8H14F4N2. The Kier molecular flexibility index (Phi) is 3.06. The van der Waals surface area contributed by atoms with Gasteiger partial charge in [-0.1, -0.05) is 6.92 Å². The monoisotopic (exact) mass is 214 g/mol. The lowest BCUT2D eigenvalue weighted by Gasteiger charge is -2.18. The van der Waals surface area contributed by atoms with E-state index >= 15 is 0 Å². The maximum absolute atomic E-state index is 12.7. The van der Waals surface area contributed by atoms with Gasteiger partial charge in [-0.05, 0) is 6.42 Å². The third-order valence-electron chi connectivity index (χ3n) is 2.40. The maximum atomic E-state index is 12.7. The summed E-state index contributed by atoms with van der Waals surface area (Å²) in [7, 11) is 0. The third kappa shape index (κ3) is 2.17. The van der Waals surface area contributed by atoms with E-state index in [1.807, 2.05) is 0 Å². The summed E-state index contributed by atoms with van der Waals surface area (Å²) in [5.41, 5.74) is 5.50. The van der Waals surface area contributed by atoms with E-state index in [1.54, 1.807) is 6.92 Å². The Labute approximate surface area is 80.0 Å². The topological polar surface area (TPSA) is 29.3 Å². The number of alkyl halides is 4. The van der Waals surface area contributed by atoms with Gasteiger partial charge in [0, 0.05) is 12.6 Å². The first-order chi connectivity index (χ1) is 6.28. The summed E-state index contributed by atoms with van der Waals surface area (Å²) in [5, 5.41) is 0. The van der Waals surface area contributed by atoms with Gasteiger partial charge in [0.25, 0.3) is 0 Å². The highest BCUT2D eigenvalue weighted by Gasteiger charge is 2.62. The molecule has 0 radical (unpaired) electrons. The van der Waals surface area contributed by atoms with E-state index in [2.05, 4.69) is 0 Å². The summed E-state index contributed by atoms with van der Waals surface area (Å²) in [5.74, 6) is -7.83. The van der Waals surface area contributed by atoms with Crippen LogP contribution in [0.5, 0.6) is 0 Å². The summed E-state index contributed by atoms with van der Waals surface area (Å²) >= 11 is 0. The quantitative estimate of drug-likeness (QED) is 0.718. The molecule has 1 unspecified atom stereocenters. The molecule has 1 rings (SSSR count). The van der Waals surface area contributed by atoms with Crippen LogP contribution in [0.25, 0.3) is 0 Å². The number of nitrogens with zero attached hydrogens (tertiary/aromatic N) is 1. The van der Waals surface area contributed by atoms with Crippen molar-refractivity contribution < 1.29 is 17.6 Å². The van der Waals surface area contributed by atoms with Crippen LogP contribution in [0.15, 0.2) is 0 Å². The van der Waals surface area contributed by atoms with E-state index in [1.165, 1.54) is 0 Å². The Hall–Kier alpha value is -0.360. The van der Waals surface area contributed by atoms with Crippen LogP contribution in [0, 0.1) is 0 Å². The molecule has 0 spiro atoms. The Morgan fingerprint density at radius 3 is 2.00 bits per heavy atom. The molecule has 6 heteroatoms. The van der Waals surface area contributed by atoms with Crippen LogP contribution in [0.1, 0.15) is 13.3 Å². The second-order valence-corrected chi connectivity index (χ2v) is 3.75. The first-order valence-corrected chi connectivity index (χ1v) is 4.52. The van der Waals surface area contributed by atoms with Crippen LogP contribution in [-0.4, -0.2) is 42.4 Å². The van der Waals surface area contributed by atoms with E-state index in [0.29, 0.717) is 6.42 Å². The second-order valence-electron chi connectivity index (χ2n) is 3.75. The second kappa shape index (κ2) is 3.66. The summed E-state index contributed by atoms with van der Waals surface area (Å²) in [6.45, 7) is 0.0973. The summed E-state index contributed by atoms with van der Waals surface area (Å²) in [6, 6.07) is -0.320. The van der Waals surface area contributed by atoms with Crippen LogP contribution in [0.3, 0.4) is 0 Å². The smallest absolute Gasteiger partial charge is 0.323 e. The fraction of sp³-hybridized carbons (Fsp3) is 1.00. The Bertz CT molecular complexity index is 192. The molecule has 1 fully saturated rings. The van der Waals surface area contributed by atoms with Gasteiger partial charge in [0.2, 0.25) is 0 Å². The number of hydrogen-bond acceptors (Lipinski definition) is 2. The fourth-order valence-electron chi connectivity index (χ4n) is 1.44. The van der Waals surface area contributed by atoms with Crippen molar-refractivity contribution in [1.29, 1.82) is 0 Å². The van der Waals surface area contributed by atoms with Gasteiger partial charge in [0.05, 0.1) is 13.1 Å². The first-order valence-electron chi connectivity index (χ1n) is 4.52. The van der Waals surface area contributed by atoms with Crippen LogP contribution < -0.4 is 5.73 Å². The van der Waals surface area contributed by atoms with Crippen molar-refractivity contribution in [1.82, 2.24) is 4.90 Å². The maximum Gasteiger partial charge on any atom is 0.323 e. The molecular weight excluding hydrogens is 200 g/mol. The molecule has 2 N–H and O–H groups in total. The SMILES string of the molecule is CCC(N)CN1CC(F)(F)C(F)(F)C1. The van der Waals surface area contributed by atoms with E-state index in [-0.39, 0.29) is 12.6 Å². The lowest BCUT2D eigenvalue weighted by molar-refractivity contribution is -0.172. The fourth-order valence-corrected chi connectivity index (χ4v) is 1.44. The van der Waals surface area contributed by atoms with Crippen molar-refractivity contribution in [3.8, 4) is 0 Å². The molecule has 2 nitrogen and oxygen atoms in total. The largest absolute Gasteiger partial charge is 0.327 e. The highest BCUT2D eigenvalue weighted by molar-refractivity contribution is 4.97. The van der Waals surface area contributed by atoms with Gasteiger partial charge in [-0.25, -0.2) is 0 Å². The molecule has 0 amide bonds. The van der Waals surface area contributed by atoms with Gasteiger partial charge in [-0.3, -0.25) is 4.90 Å². The van der Waals surface area contributed by atoms with Gasteiger partial charge in [0.15, 0.2) is 0 Å². The van der Waals surface area contributed by atoms with Gasteiger partial charge in [-0.2, -0.15) is 17.6 Å². The third-order valence-corrected chi connectivity index (χ3v) is 2.40. The minimum Gasteiger partial charge on any atom is -0.327 e. The summed E-state index contributed by atoms with van der Waals surface area (Å²) < 4.78 is 50.8. The molecule has 14 heavy (non-hydrogen) atoms. The number of nitrogens with two attached hydrogens (primary N) is 1. The van der Waals surface area contributed by atoms with E-state index in [4.69, 9.17) is 5.73 Å². The van der Waals surface area contributed by atoms with Crippen molar-refractivity contribution in [2.45, 2.75) is 31.2 Å². The zero-order valence-corrected chi connectivity index (χ0v) is 7.94. The van der Waals surface area contributed by atoms with Crippen LogP contribution in [0.4, 0.5) is 17.6 Å².